The molecular formula is C25H30N2O. The lowest BCUT2D eigenvalue weighted by Crippen LogP contribution is -2.49. The number of amides is 1. The topological polar surface area (TPSA) is 55.1 Å². The Morgan fingerprint density at radius 2 is 1.68 bits per heavy atom. The third-order valence-electron chi connectivity index (χ3n) is 7.01. The van der Waals surface area contributed by atoms with Crippen LogP contribution in [0.3, 0.4) is 0 Å². The Morgan fingerprint density at radius 1 is 1.04 bits per heavy atom. The quantitative estimate of drug-likeness (QED) is 0.744. The van der Waals surface area contributed by atoms with Gasteiger partial charge in [-0.3, -0.25) is 4.79 Å². The number of nitrogens with one attached hydrogen (secondary N) is 1. The van der Waals surface area contributed by atoms with Gasteiger partial charge < -0.3 is 11.1 Å². The van der Waals surface area contributed by atoms with Crippen LogP contribution in [0.2, 0.25) is 0 Å². The number of primary amides is 1. The number of nitrogens with two attached hydrogens (primary N) is 1. The third kappa shape index (κ3) is 2.94. The summed E-state index contributed by atoms with van der Waals surface area (Å²) in [5.74, 6) is 0.622. The monoisotopic (exact) mass is 374 g/mol. The predicted molar refractivity (Wildman–Crippen MR) is 116 cm³/mol. The van der Waals surface area contributed by atoms with Crippen LogP contribution in [0, 0.1) is 11.8 Å². The number of hydrogen-bond acceptors (Lipinski definition) is 2. The lowest BCUT2D eigenvalue weighted by Gasteiger charge is -2.49. The van der Waals surface area contributed by atoms with Gasteiger partial charge in [0.2, 0.25) is 5.91 Å². The van der Waals surface area contributed by atoms with Gasteiger partial charge in [-0.25, -0.2) is 0 Å². The summed E-state index contributed by atoms with van der Waals surface area (Å²) < 4.78 is 0. The molecule has 146 valence electrons. The molecule has 0 aromatic heterocycles. The summed E-state index contributed by atoms with van der Waals surface area (Å²) in [6.07, 6.45) is 6.42. The lowest BCUT2D eigenvalue weighted by molar-refractivity contribution is -0.112. The number of benzene rings is 2. The van der Waals surface area contributed by atoms with Crippen molar-refractivity contribution in [1.82, 2.24) is 0 Å². The number of fused-ring (bicyclic) bond motifs is 1. The number of rotatable bonds is 4. The number of carbonyl (C=O) groups is 1. The highest BCUT2D eigenvalue weighted by Crippen LogP contribution is 2.51. The van der Waals surface area contributed by atoms with E-state index in [1.807, 2.05) is 24.3 Å². The zero-order valence-electron chi connectivity index (χ0n) is 16.9. The van der Waals surface area contributed by atoms with Crippen molar-refractivity contribution in [1.29, 1.82) is 0 Å². The van der Waals surface area contributed by atoms with Gasteiger partial charge in [0.05, 0.1) is 5.54 Å². The van der Waals surface area contributed by atoms with Crippen molar-refractivity contribution < 1.29 is 4.79 Å². The number of anilines is 1. The van der Waals surface area contributed by atoms with Crippen molar-refractivity contribution in [2.75, 3.05) is 5.32 Å². The van der Waals surface area contributed by atoms with Crippen LogP contribution in [0.4, 0.5) is 5.69 Å². The summed E-state index contributed by atoms with van der Waals surface area (Å²) in [6, 6.07) is 18.6. The summed E-state index contributed by atoms with van der Waals surface area (Å²) in [5.41, 5.74) is 10.3. The van der Waals surface area contributed by atoms with E-state index in [2.05, 4.69) is 49.5 Å². The van der Waals surface area contributed by atoms with Crippen molar-refractivity contribution in [3.8, 4) is 0 Å². The van der Waals surface area contributed by atoms with E-state index in [9.17, 15) is 4.79 Å². The molecule has 0 spiro atoms. The zero-order valence-corrected chi connectivity index (χ0v) is 16.9. The maximum atomic E-state index is 12.6. The highest BCUT2D eigenvalue weighted by molar-refractivity contribution is 6.22. The van der Waals surface area contributed by atoms with Crippen molar-refractivity contribution >= 4 is 17.2 Å². The highest BCUT2D eigenvalue weighted by Gasteiger charge is 2.47. The van der Waals surface area contributed by atoms with E-state index in [1.165, 1.54) is 37.7 Å². The highest BCUT2D eigenvalue weighted by atomic mass is 16.1. The average Bonchev–Trinajstić information content (AvgIpc) is 2.73. The van der Waals surface area contributed by atoms with Crippen molar-refractivity contribution in [3.63, 3.8) is 0 Å². The van der Waals surface area contributed by atoms with E-state index < -0.39 is 5.54 Å². The van der Waals surface area contributed by atoms with Gasteiger partial charge in [-0.2, -0.15) is 0 Å². The predicted octanol–water partition coefficient (Wildman–Crippen LogP) is 5.48. The molecule has 3 heteroatoms. The Labute approximate surface area is 168 Å². The van der Waals surface area contributed by atoms with E-state index in [0.29, 0.717) is 17.4 Å². The molecule has 1 heterocycles. The van der Waals surface area contributed by atoms with Gasteiger partial charge in [0.25, 0.3) is 0 Å². The van der Waals surface area contributed by atoms with E-state index in [0.717, 1.165) is 16.8 Å². The number of para-hydroxylation sites is 1. The minimum Gasteiger partial charge on any atom is -0.371 e. The Kier molecular flexibility index (Phi) is 5.01. The molecule has 4 rings (SSSR count). The summed E-state index contributed by atoms with van der Waals surface area (Å²) in [5, 5.41) is 3.89. The summed E-state index contributed by atoms with van der Waals surface area (Å²) in [7, 11) is 0. The Balaban J connectivity index is 1.96. The average molecular weight is 375 g/mol. The van der Waals surface area contributed by atoms with Gasteiger partial charge >= 0.3 is 0 Å². The van der Waals surface area contributed by atoms with Crippen LogP contribution in [0.15, 0.2) is 60.2 Å². The van der Waals surface area contributed by atoms with Crippen molar-refractivity contribution in [2.45, 2.75) is 51.5 Å². The number of hydrogen-bond donors (Lipinski definition) is 2. The Morgan fingerprint density at radius 3 is 2.36 bits per heavy atom. The molecule has 1 amide bonds. The molecule has 1 unspecified atom stereocenters. The lowest BCUT2D eigenvalue weighted by atomic mass is 9.63. The van der Waals surface area contributed by atoms with Gasteiger partial charge in [0.1, 0.15) is 0 Å². The van der Waals surface area contributed by atoms with Crippen LogP contribution in [0.5, 0.6) is 0 Å². The fourth-order valence-electron chi connectivity index (χ4n) is 5.53. The van der Waals surface area contributed by atoms with Crippen LogP contribution in [0.1, 0.15) is 57.1 Å². The maximum Gasteiger partial charge on any atom is 0.249 e. The molecule has 0 bridgehead atoms. The maximum absolute atomic E-state index is 12.6. The first-order valence-electron chi connectivity index (χ1n) is 10.5. The standard InChI is InChI=1S/C25H30N2O/c1-17(19-11-5-3-6-12-19)25(20-13-7-4-8-14-20)18(2)23(24(26)28)21-15-9-10-16-22(21)27-25/h4,7-10,13-17,19,27H,3,5-6,11-12H2,1-2H3,(H2,26,28)/t17-,25?/m0/s1. The molecule has 28 heavy (non-hydrogen) atoms. The molecule has 2 aromatic carbocycles. The molecule has 2 aliphatic rings. The summed E-state index contributed by atoms with van der Waals surface area (Å²) >= 11 is 0. The van der Waals surface area contributed by atoms with E-state index in [1.54, 1.807) is 0 Å². The van der Waals surface area contributed by atoms with Crippen molar-refractivity contribution in [2.24, 2.45) is 17.6 Å². The van der Waals surface area contributed by atoms with Gasteiger partial charge in [-0.1, -0.05) is 87.6 Å². The molecule has 0 saturated heterocycles. The molecule has 1 aliphatic carbocycles. The molecule has 1 aliphatic heterocycles. The van der Waals surface area contributed by atoms with Gasteiger partial charge in [-0.05, 0) is 36.0 Å². The van der Waals surface area contributed by atoms with Crippen LogP contribution in [-0.2, 0) is 10.3 Å². The minimum atomic E-state index is -0.429. The first kappa shape index (κ1) is 18.8. The molecule has 2 atom stereocenters. The van der Waals surface area contributed by atoms with Gasteiger partial charge in [0.15, 0.2) is 0 Å². The summed E-state index contributed by atoms with van der Waals surface area (Å²) in [4.78, 5) is 12.6. The largest absolute Gasteiger partial charge is 0.371 e. The zero-order chi connectivity index (χ0) is 19.7. The molecule has 0 radical (unpaired) electrons. The minimum absolute atomic E-state index is 0.345. The van der Waals surface area contributed by atoms with Crippen LogP contribution < -0.4 is 11.1 Å². The second kappa shape index (κ2) is 7.46. The molecular weight excluding hydrogens is 344 g/mol. The molecule has 3 N–H and O–H groups in total. The SMILES string of the molecule is CC1=C(C(N)=O)c2ccccc2NC1(c1ccccc1)[C@@H](C)C1CCCCC1. The third-order valence-corrected chi connectivity index (χ3v) is 7.01. The fourth-order valence-corrected chi connectivity index (χ4v) is 5.53. The first-order valence-corrected chi connectivity index (χ1v) is 10.5. The second-order valence-corrected chi connectivity index (χ2v) is 8.40. The van der Waals surface area contributed by atoms with Gasteiger partial charge in [-0.15, -0.1) is 0 Å². The Hall–Kier alpha value is -2.55. The normalized spacial score (nSPS) is 23.6. The van der Waals surface area contributed by atoms with Crippen LogP contribution >= 0.6 is 0 Å². The van der Waals surface area contributed by atoms with Gasteiger partial charge in [0, 0.05) is 16.8 Å². The second-order valence-electron chi connectivity index (χ2n) is 8.40. The molecule has 2 aromatic rings. The molecule has 1 saturated carbocycles. The smallest absolute Gasteiger partial charge is 0.249 e. The van der Waals surface area contributed by atoms with E-state index in [-0.39, 0.29) is 5.91 Å². The Bertz CT molecular complexity index is 896. The van der Waals surface area contributed by atoms with Crippen LogP contribution in [0.25, 0.3) is 5.57 Å². The summed E-state index contributed by atoms with van der Waals surface area (Å²) in [6.45, 7) is 4.45. The van der Waals surface area contributed by atoms with Crippen molar-refractivity contribution in [3.05, 3.63) is 71.3 Å². The fraction of sp³-hybridized carbons (Fsp3) is 0.400. The first-order chi connectivity index (χ1) is 13.6. The van der Waals surface area contributed by atoms with E-state index >= 15 is 0 Å². The molecule has 3 nitrogen and oxygen atoms in total. The number of carbonyl (C=O) groups excluding carboxylic acids is 1. The van der Waals surface area contributed by atoms with Crippen LogP contribution in [-0.4, -0.2) is 5.91 Å². The van der Waals surface area contributed by atoms with E-state index in [4.69, 9.17) is 5.73 Å². The molecule has 1 fully saturated rings.